The van der Waals surface area contributed by atoms with Crippen LogP contribution in [-0.2, 0) is 4.74 Å². The molecule has 0 aromatic carbocycles. The Balaban J connectivity index is 2.86. The predicted molar refractivity (Wildman–Crippen MR) is 68.9 cm³/mol. The third-order valence-corrected chi connectivity index (χ3v) is 2.66. The number of ether oxygens (including phenoxy) is 1. The molecule has 1 aromatic rings. The number of rotatable bonds is 7. The van der Waals surface area contributed by atoms with Gasteiger partial charge in [0.2, 0.25) is 6.43 Å². The third kappa shape index (κ3) is 4.98. The predicted octanol–water partition coefficient (Wildman–Crippen LogP) is 2.44. The van der Waals surface area contributed by atoms with Gasteiger partial charge in [-0.25, -0.2) is 23.5 Å². The van der Waals surface area contributed by atoms with Crippen LogP contribution in [0.3, 0.4) is 0 Å². The first-order chi connectivity index (χ1) is 9.08. The number of nitrogens with zero attached hydrogens (tertiary/aromatic N) is 2. The molecule has 5 nitrogen and oxygen atoms in total. The summed E-state index contributed by atoms with van der Waals surface area (Å²) in [5.41, 5.74) is 0.147. The van der Waals surface area contributed by atoms with Crippen molar-refractivity contribution in [3.05, 3.63) is 11.8 Å². The maximum absolute atomic E-state index is 12.1. The molecule has 1 heterocycles. The Morgan fingerprint density at radius 3 is 2.89 bits per heavy atom. The number of hydrogen-bond acceptors (Lipinski definition) is 6. The van der Waals surface area contributed by atoms with E-state index in [0.29, 0.717) is 5.16 Å². The van der Waals surface area contributed by atoms with E-state index in [1.165, 1.54) is 18.0 Å². The van der Waals surface area contributed by atoms with E-state index in [2.05, 4.69) is 15.3 Å². The minimum Gasteiger partial charge on any atom is -0.462 e. The van der Waals surface area contributed by atoms with Crippen LogP contribution in [0.15, 0.2) is 11.4 Å². The van der Waals surface area contributed by atoms with Crippen molar-refractivity contribution in [1.29, 1.82) is 0 Å². The first kappa shape index (κ1) is 15.6. The fourth-order valence-electron chi connectivity index (χ4n) is 1.26. The van der Waals surface area contributed by atoms with E-state index < -0.39 is 12.4 Å². The minimum absolute atomic E-state index is 0.0227. The minimum atomic E-state index is -2.40. The average Bonchev–Trinajstić information content (AvgIpc) is 2.38. The molecule has 0 saturated carbocycles. The van der Waals surface area contributed by atoms with Gasteiger partial charge in [0.1, 0.15) is 11.4 Å². The van der Waals surface area contributed by atoms with Crippen LogP contribution in [-0.4, -0.2) is 41.8 Å². The molecule has 0 radical (unpaired) electrons. The maximum atomic E-state index is 12.1. The van der Waals surface area contributed by atoms with E-state index in [-0.39, 0.29) is 31.0 Å². The lowest BCUT2D eigenvalue weighted by Crippen LogP contribution is -2.14. The molecule has 0 spiro atoms. The monoisotopic (exact) mass is 291 g/mol. The number of hydrogen-bond donors (Lipinski definition) is 1. The third-order valence-electron chi connectivity index (χ3n) is 2.10. The van der Waals surface area contributed by atoms with Crippen LogP contribution in [0.2, 0.25) is 0 Å². The van der Waals surface area contributed by atoms with E-state index in [1.807, 2.05) is 0 Å². The summed E-state index contributed by atoms with van der Waals surface area (Å²) < 4.78 is 29.0. The number of aromatic nitrogens is 2. The van der Waals surface area contributed by atoms with Crippen molar-refractivity contribution >= 4 is 23.5 Å². The molecular weight excluding hydrogens is 276 g/mol. The molecule has 1 aromatic heterocycles. The van der Waals surface area contributed by atoms with Crippen molar-refractivity contribution in [2.45, 2.75) is 24.9 Å². The van der Waals surface area contributed by atoms with E-state index in [1.54, 1.807) is 13.2 Å². The molecule has 0 aliphatic heterocycles. The zero-order chi connectivity index (χ0) is 14.3. The lowest BCUT2D eigenvalue weighted by Gasteiger charge is -2.10. The Bertz CT molecular complexity index is 432. The molecule has 0 fully saturated rings. The second-order valence-corrected chi connectivity index (χ2v) is 4.22. The number of esters is 1. The van der Waals surface area contributed by atoms with Gasteiger partial charge in [-0.15, -0.1) is 0 Å². The molecule has 0 atom stereocenters. The number of nitrogens with one attached hydrogen (secondary N) is 1. The Hall–Kier alpha value is -1.44. The fraction of sp³-hybridized carbons (Fsp3) is 0.545. The first-order valence-corrected chi connectivity index (χ1v) is 6.91. The molecule has 0 saturated heterocycles. The summed E-state index contributed by atoms with van der Waals surface area (Å²) >= 11 is 1.29. The molecule has 0 amide bonds. The van der Waals surface area contributed by atoms with Crippen LogP contribution >= 0.6 is 11.8 Å². The number of anilines is 1. The van der Waals surface area contributed by atoms with Crippen molar-refractivity contribution in [3.8, 4) is 0 Å². The van der Waals surface area contributed by atoms with Crippen LogP contribution in [0.5, 0.6) is 0 Å². The molecule has 106 valence electrons. The fourth-order valence-corrected chi connectivity index (χ4v) is 1.60. The average molecular weight is 291 g/mol. The molecular formula is C11H15F2N3O2S. The van der Waals surface area contributed by atoms with E-state index in [9.17, 15) is 13.6 Å². The van der Waals surface area contributed by atoms with Crippen molar-refractivity contribution in [3.63, 3.8) is 0 Å². The standard InChI is InChI=1S/C11H15F2N3O2S/c1-3-18-10(17)7-6-15-11(19-2)16-9(7)14-5-4-8(12)13/h6,8H,3-5H2,1-2H3,(H,14,15,16). The lowest BCUT2D eigenvalue weighted by atomic mass is 10.3. The summed E-state index contributed by atoms with van der Waals surface area (Å²) in [4.78, 5) is 19.7. The van der Waals surface area contributed by atoms with Crippen LogP contribution in [0.4, 0.5) is 14.6 Å². The topological polar surface area (TPSA) is 64.1 Å². The summed E-state index contributed by atoms with van der Waals surface area (Å²) in [5, 5.41) is 3.16. The molecule has 0 aliphatic carbocycles. The van der Waals surface area contributed by atoms with Crippen molar-refractivity contribution in [2.24, 2.45) is 0 Å². The molecule has 8 heteroatoms. The second kappa shape index (κ2) is 7.88. The van der Waals surface area contributed by atoms with Gasteiger partial charge in [-0.3, -0.25) is 0 Å². The van der Waals surface area contributed by atoms with Gasteiger partial charge in [-0.1, -0.05) is 11.8 Å². The van der Waals surface area contributed by atoms with Gasteiger partial charge in [0, 0.05) is 19.2 Å². The highest BCUT2D eigenvalue weighted by atomic mass is 32.2. The molecule has 19 heavy (non-hydrogen) atoms. The van der Waals surface area contributed by atoms with Crippen molar-refractivity contribution in [1.82, 2.24) is 9.97 Å². The zero-order valence-electron chi connectivity index (χ0n) is 10.7. The Morgan fingerprint density at radius 2 is 2.32 bits per heavy atom. The molecule has 0 bridgehead atoms. The number of alkyl halides is 2. The van der Waals surface area contributed by atoms with Crippen molar-refractivity contribution in [2.75, 3.05) is 24.7 Å². The van der Waals surface area contributed by atoms with E-state index in [0.717, 1.165) is 0 Å². The van der Waals surface area contributed by atoms with Gasteiger partial charge >= 0.3 is 5.97 Å². The van der Waals surface area contributed by atoms with Crippen molar-refractivity contribution < 1.29 is 18.3 Å². The second-order valence-electron chi connectivity index (χ2n) is 3.45. The highest BCUT2D eigenvalue weighted by Crippen LogP contribution is 2.17. The normalized spacial score (nSPS) is 10.6. The number of carbonyl (C=O) groups is 1. The number of carbonyl (C=O) groups excluding carboxylic acids is 1. The van der Waals surface area contributed by atoms with E-state index in [4.69, 9.17) is 4.74 Å². The summed E-state index contributed by atoms with van der Waals surface area (Å²) in [6.45, 7) is 1.92. The number of thioether (sulfide) groups is 1. The van der Waals surface area contributed by atoms with Gasteiger partial charge < -0.3 is 10.1 Å². The smallest absolute Gasteiger partial charge is 0.343 e. The Kier molecular flexibility index (Phi) is 6.48. The summed E-state index contributed by atoms with van der Waals surface area (Å²) in [6.07, 6.45) is 0.394. The van der Waals surface area contributed by atoms with Crippen LogP contribution < -0.4 is 5.32 Å². The quantitative estimate of drug-likeness (QED) is 0.473. The molecule has 0 unspecified atom stereocenters. The van der Waals surface area contributed by atoms with Gasteiger partial charge in [0.15, 0.2) is 5.16 Å². The maximum Gasteiger partial charge on any atom is 0.343 e. The Labute approximate surface area is 114 Å². The SMILES string of the molecule is CCOC(=O)c1cnc(SC)nc1NCCC(F)F. The Morgan fingerprint density at radius 1 is 1.58 bits per heavy atom. The van der Waals surface area contributed by atoms with Gasteiger partial charge in [-0.2, -0.15) is 0 Å². The highest BCUT2D eigenvalue weighted by molar-refractivity contribution is 7.98. The lowest BCUT2D eigenvalue weighted by molar-refractivity contribution is 0.0526. The molecule has 1 N–H and O–H groups in total. The van der Waals surface area contributed by atoms with Crippen LogP contribution in [0, 0.1) is 0 Å². The van der Waals surface area contributed by atoms with E-state index >= 15 is 0 Å². The first-order valence-electron chi connectivity index (χ1n) is 5.68. The van der Waals surface area contributed by atoms with Gasteiger partial charge in [-0.05, 0) is 13.2 Å². The van der Waals surface area contributed by atoms with Crippen LogP contribution in [0.25, 0.3) is 0 Å². The molecule has 1 rings (SSSR count). The summed E-state index contributed by atoms with van der Waals surface area (Å²) in [7, 11) is 0. The number of halogens is 2. The zero-order valence-corrected chi connectivity index (χ0v) is 11.5. The van der Waals surface area contributed by atoms with Crippen LogP contribution in [0.1, 0.15) is 23.7 Å². The highest BCUT2D eigenvalue weighted by Gasteiger charge is 2.16. The summed E-state index contributed by atoms with van der Waals surface area (Å²) in [5.74, 6) is -0.354. The largest absolute Gasteiger partial charge is 0.462 e. The van der Waals surface area contributed by atoms with Gasteiger partial charge in [0.25, 0.3) is 0 Å². The summed E-state index contributed by atoms with van der Waals surface area (Å²) in [6, 6.07) is 0. The van der Waals surface area contributed by atoms with Gasteiger partial charge in [0.05, 0.1) is 6.61 Å². The molecule has 0 aliphatic rings.